The fraction of sp³-hybridized carbons (Fsp3) is 0.452. The van der Waals surface area contributed by atoms with Crippen LogP contribution >= 0.6 is 0 Å². The molecule has 2 N–H and O–H groups in total. The Labute approximate surface area is 232 Å². The molecule has 0 aliphatic heterocycles. The third-order valence-corrected chi connectivity index (χ3v) is 9.01. The van der Waals surface area contributed by atoms with Gasteiger partial charge < -0.3 is 14.9 Å². The molecule has 2 fully saturated rings. The number of fused-ring (bicyclic) bond motifs is 3. The summed E-state index contributed by atoms with van der Waals surface area (Å²) in [7, 11) is 4.80. The quantitative estimate of drug-likeness (QED) is 0.518. The van der Waals surface area contributed by atoms with Gasteiger partial charge in [-0.1, -0.05) is 18.2 Å². The van der Waals surface area contributed by atoms with Gasteiger partial charge in [-0.05, 0) is 87.5 Å². The molecule has 0 heterocycles. The molecule has 5 rings (SSSR count). The standard InChI is InChI=1S/C31H33NO8/c1-15(33)23-28(36)26(32(2)3)21-14-18-13-20-17(8-5-16-6-10-19(40-4)11-7-16)9-12-22(34)25(20)27(35)24(18)30(38)31(21,39)29(23)37/h6-7,9-12,18,21,23-24,26,34,39H,5,8,13-14H2,1-4H3/t18-,21-,23?,24?,26-,31+/m0/s1. The minimum Gasteiger partial charge on any atom is -0.507 e. The first-order chi connectivity index (χ1) is 18.9. The highest BCUT2D eigenvalue weighted by Crippen LogP contribution is 2.51. The van der Waals surface area contributed by atoms with Gasteiger partial charge >= 0.3 is 0 Å². The van der Waals surface area contributed by atoms with Gasteiger partial charge in [0.2, 0.25) is 0 Å². The lowest BCUT2D eigenvalue weighted by Crippen LogP contribution is -2.73. The average molecular weight is 548 g/mol. The highest BCUT2D eigenvalue weighted by Gasteiger charge is 2.69. The fourth-order valence-electron chi connectivity index (χ4n) is 7.09. The molecule has 2 aromatic carbocycles. The summed E-state index contributed by atoms with van der Waals surface area (Å²) < 4.78 is 5.22. The predicted octanol–water partition coefficient (Wildman–Crippen LogP) is 1.76. The zero-order valence-electron chi connectivity index (χ0n) is 23.0. The molecule has 0 saturated heterocycles. The molecule has 0 spiro atoms. The number of aromatic hydroxyl groups is 1. The maximum absolute atomic E-state index is 13.9. The number of methoxy groups -OCH3 is 1. The lowest BCUT2D eigenvalue weighted by atomic mass is 9.52. The molecule has 40 heavy (non-hydrogen) atoms. The van der Waals surface area contributed by atoms with E-state index in [4.69, 9.17) is 4.74 Å². The Hall–Kier alpha value is -3.69. The van der Waals surface area contributed by atoms with Crippen molar-refractivity contribution in [2.75, 3.05) is 21.2 Å². The Morgan fingerprint density at radius 2 is 1.70 bits per heavy atom. The van der Waals surface area contributed by atoms with E-state index in [1.54, 1.807) is 27.3 Å². The highest BCUT2D eigenvalue weighted by atomic mass is 16.5. The Kier molecular flexibility index (Phi) is 7.00. The Bertz CT molecular complexity index is 1430. The first kappa shape index (κ1) is 27.9. The number of ether oxygens (including phenoxy) is 1. The van der Waals surface area contributed by atoms with Crippen molar-refractivity contribution in [2.45, 2.75) is 44.2 Å². The van der Waals surface area contributed by atoms with Gasteiger partial charge in [-0.2, -0.15) is 0 Å². The molecule has 0 radical (unpaired) electrons. The molecule has 2 saturated carbocycles. The minimum atomic E-state index is -2.64. The monoisotopic (exact) mass is 547 g/mol. The normalized spacial score (nSPS) is 29.6. The van der Waals surface area contributed by atoms with E-state index < -0.39 is 64.2 Å². The van der Waals surface area contributed by atoms with Gasteiger partial charge in [-0.3, -0.25) is 28.9 Å². The number of likely N-dealkylation sites (N-methyl/N-ethyl adjacent to an activating group) is 1. The van der Waals surface area contributed by atoms with Gasteiger partial charge in [0.05, 0.1) is 24.6 Å². The molecule has 3 aliphatic rings. The summed E-state index contributed by atoms with van der Waals surface area (Å²) in [6.45, 7) is 1.08. The zero-order valence-corrected chi connectivity index (χ0v) is 23.0. The number of aliphatic hydroxyl groups is 1. The van der Waals surface area contributed by atoms with Crippen LogP contribution in [0, 0.1) is 23.7 Å². The van der Waals surface area contributed by atoms with E-state index >= 15 is 0 Å². The second kappa shape index (κ2) is 10.1. The number of benzene rings is 2. The molecule has 3 aliphatic carbocycles. The third-order valence-electron chi connectivity index (χ3n) is 9.01. The Morgan fingerprint density at radius 1 is 1.02 bits per heavy atom. The predicted molar refractivity (Wildman–Crippen MR) is 143 cm³/mol. The van der Waals surface area contributed by atoms with Crippen LogP contribution in [0.3, 0.4) is 0 Å². The SMILES string of the molecule is COc1ccc(CCc2ccc(O)c3c2C[C@H]2C[C@H]4[C@H](N(C)C)C(=O)C(C(C)=O)C(=O)[C@@]4(O)C(=O)C2C3=O)cc1. The van der Waals surface area contributed by atoms with E-state index in [-0.39, 0.29) is 24.2 Å². The second-order valence-electron chi connectivity index (χ2n) is 11.4. The lowest BCUT2D eigenvalue weighted by Gasteiger charge is -2.52. The van der Waals surface area contributed by atoms with Gasteiger partial charge in [-0.15, -0.1) is 0 Å². The number of aryl methyl sites for hydroxylation is 2. The van der Waals surface area contributed by atoms with E-state index in [0.717, 1.165) is 23.8 Å². The topological polar surface area (TPSA) is 138 Å². The number of carbonyl (C=O) groups excluding carboxylic acids is 5. The largest absolute Gasteiger partial charge is 0.507 e. The van der Waals surface area contributed by atoms with Gasteiger partial charge in [0.15, 0.2) is 28.7 Å². The van der Waals surface area contributed by atoms with Crippen LogP contribution in [0.5, 0.6) is 11.5 Å². The van der Waals surface area contributed by atoms with E-state index in [0.29, 0.717) is 18.4 Å². The van der Waals surface area contributed by atoms with Crippen LogP contribution in [0.4, 0.5) is 0 Å². The summed E-state index contributed by atoms with van der Waals surface area (Å²) in [6.07, 6.45) is 1.59. The first-order valence-corrected chi connectivity index (χ1v) is 13.4. The molecule has 0 bridgehead atoms. The third kappa shape index (κ3) is 4.10. The van der Waals surface area contributed by atoms with Crippen LogP contribution in [-0.4, -0.2) is 76.9 Å². The van der Waals surface area contributed by atoms with Gasteiger partial charge in [0.25, 0.3) is 0 Å². The van der Waals surface area contributed by atoms with Crippen LogP contribution in [0.2, 0.25) is 0 Å². The summed E-state index contributed by atoms with van der Waals surface area (Å²) >= 11 is 0. The number of Topliss-reactive ketones (excluding diaryl/α,β-unsaturated/α-hetero) is 5. The zero-order chi connectivity index (χ0) is 29.1. The van der Waals surface area contributed by atoms with Crippen molar-refractivity contribution in [3.05, 3.63) is 58.7 Å². The summed E-state index contributed by atoms with van der Waals surface area (Å²) in [4.78, 5) is 68.3. The van der Waals surface area contributed by atoms with Crippen molar-refractivity contribution < 1.29 is 38.9 Å². The van der Waals surface area contributed by atoms with Crippen molar-refractivity contribution in [1.29, 1.82) is 0 Å². The average Bonchev–Trinajstić information content (AvgIpc) is 2.90. The smallest absolute Gasteiger partial charge is 0.190 e. The number of hydrogen-bond acceptors (Lipinski definition) is 9. The maximum atomic E-state index is 13.9. The number of rotatable bonds is 6. The van der Waals surface area contributed by atoms with Crippen molar-refractivity contribution >= 4 is 28.9 Å². The number of phenolic OH excluding ortho intramolecular Hbond substituents is 1. The van der Waals surface area contributed by atoms with Crippen LogP contribution < -0.4 is 4.74 Å². The van der Waals surface area contributed by atoms with Crippen molar-refractivity contribution in [2.24, 2.45) is 23.7 Å². The van der Waals surface area contributed by atoms with Crippen molar-refractivity contribution in [3.8, 4) is 11.5 Å². The summed E-state index contributed by atoms with van der Waals surface area (Å²) in [5.41, 5.74) is -0.0336. The molecule has 9 heteroatoms. The van der Waals surface area contributed by atoms with Gasteiger partial charge in [0, 0.05) is 5.92 Å². The number of nitrogens with zero attached hydrogens (tertiary/aromatic N) is 1. The Balaban J connectivity index is 1.53. The van der Waals surface area contributed by atoms with E-state index in [1.807, 2.05) is 24.3 Å². The van der Waals surface area contributed by atoms with Crippen LogP contribution in [-0.2, 0) is 38.4 Å². The Morgan fingerprint density at radius 3 is 2.30 bits per heavy atom. The molecule has 0 aromatic heterocycles. The van der Waals surface area contributed by atoms with E-state index in [2.05, 4.69) is 0 Å². The molecule has 0 amide bonds. The van der Waals surface area contributed by atoms with E-state index in [1.165, 1.54) is 11.0 Å². The van der Waals surface area contributed by atoms with Crippen LogP contribution in [0.15, 0.2) is 36.4 Å². The second-order valence-corrected chi connectivity index (χ2v) is 11.4. The summed E-state index contributed by atoms with van der Waals surface area (Å²) in [5, 5.41) is 22.4. The first-order valence-electron chi connectivity index (χ1n) is 13.4. The molecule has 6 atom stereocenters. The van der Waals surface area contributed by atoms with Gasteiger partial charge in [-0.25, -0.2) is 0 Å². The fourth-order valence-corrected chi connectivity index (χ4v) is 7.09. The van der Waals surface area contributed by atoms with Crippen LogP contribution in [0.1, 0.15) is 40.4 Å². The van der Waals surface area contributed by atoms with Crippen LogP contribution in [0.25, 0.3) is 0 Å². The summed E-state index contributed by atoms with van der Waals surface area (Å²) in [6, 6.07) is 9.82. The van der Waals surface area contributed by atoms with E-state index in [9.17, 15) is 34.2 Å². The number of phenols is 1. The number of ketones is 5. The molecule has 2 unspecified atom stereocenters. The minimum absolute atomic E-state index is 0.0375. The molecular formula is C31H33NO8. The van der Waals surface area contributed by atoms with Crippen molar-refractivity contribution in [3.63, 3.8) is 0 Å². The van der Waals surface area contributed by atoms with Crippen molar-refractivity contribution in [1.82, 2.24) is 4.90 Å². The number of carbonyl (C=O) groups is 5. The number of hydrogen-bond donors (Lipinski definition) is 2. The summed E-state index contributed by atoms with van der Waals surface area (Å²) in [5.74, 6) is -8.46. The molecule has 2 aromatic rings. The molecule has 210 valence electrons. The maximum Gasteiger partial charge on any atom is 0.190 e. The molecule has 9 nitrogen and oxygen atoms in total. The molecular weight excluding hydrogens is 514 g/mol. The van der Waals surface area contributed by atoms with Gasteiger partial charge in [0.1, 0.15) is 23.2 Å². The lowest BCUT2D eigenvalue weighted by molar-refractivity contribution is -0.181. The highest BCUT2D eigenvalue weighted by molar-refractivity contribution is 6.32.